The Morgan fingerprint density at radius 3 is 2.24 bits per heavy atom. The Labute approximate surface area is 204 Å². The number of hydrogen-bond acceptors (Lipinski definition) is 6. The van der Waals surface area contributed by atoms with Crippen molar-refractivity contribution in [3.05, 3.63) is 76.4 Å². The van der Waals surface area contributed by atoms with Crippen LogP contribution < -0.4 is 15.2 Å². The molecule has 0 aliphatic heterocycles. The van der Waals surface area contributed by atoms with Crippen molar-refractivity contribution in [3.63, 3.8) is 0 Å². The molecule has 1 atom stereocenters. The monoisotopic (exact) mass is 520 g/mol. The molecule has 1 heterocycles. The Hall–Kier alpha value is -3.24. The SMILES string of the molecule is COc1ccc(S(=O)(=O)c2c[nH]c3ccc(Oc4c(Cl)cc([C@H](N)C(=O)O)cc4Cl)cc23)cc1. The summed E-state index contributed by atoms with van der Waals surface area (Å²) in [5, 5.41) is 9.62. The van der Waals surface area contributed by atoms with Crippen LogP contribution in [0.25, 0.3) is 10.9 Å². The van der Waals surface area contributed by atoms with E-state index in [1.165, 1.54) is 37.6 Å². The summed E-state index contributed by atoms with van der Waals surface area (Å²) in [6.07, 6.45) is 1.41. The molecule has 34 heavy (non-hydrogen) atoms. The predicted octanol–water partition coefficient (Wildman–Crippen LogP) is 5.19. The first-order chi connectivity index (χ1) is 16.1. The summed E-state index contributed by atoms with van der Waals surface area (Å²) in [4.78, 5) is 14.3. The summed E-state index contributed by atoms with van der Waals surface area (Å²) in [6, 6.07) is 12.3. The molecule has 11 heteroatoms. The molecule has 4 aromatic rings. The molecule has 0 amide bonds. The number of carboxylic acids is 1. The minimum atomic E-state index is -3.84. The molecule has 0 aliphatic rings. The summed E-state index contributed by atoms with van der Waals surface area (Å²) in [5.74, 6) is -0.335. The number of aromatic nitrogens is 1. The third-order valence-corrected chi connectivity index (χ3v) is 7.51. The van der Waals surface area contributed by atoms with E-state index in [0.29, 0.717) is 16.7 Å². The third kappa shape index (κ3) is 4.43. The lowest BCUT2D eigenvalue weighted by atomic mass is 10.1. The molecule has 8 nitrogen and oxygen atoms in total. The molecular weight excluding hydrogens is 503 g/mol. The minimum absolute atomic E-state index is 0.0550. The maximum atomic E-state index is 13.2. The average molecular weight is 521 g/mol. The van der Waals surface area contributed by atoms with E-state index in [0.717, 1.165) is 0 Å². The van der Waals surface area contributed by atoms with E-state index in [1.54, 1.807) is 30.3 Å². The van der Waals surface area contributed by atoms with Crippen LogP contribution in [-0.2, 0) is 14.6 Å². The normalized spacial score (nSPS) is 12.5. The largest absolute Gasteiger partial charge is 0.497 e. The van der Waals surface area contributed by atoms with Crippen molar-refractivity contribution >= 4 is 49.9 Å². The summed E-state index contributed by atoms with van der Waals surface area (Å²) in [7, 11) is -2.34. The van der Waals surface area contributed by atoms with Crippen LogP contribution in [0.2, 0.25) is 10.0 Å². The molecule has 0 radical (unpaired) electrons. The number of carbonyl (C=O) groups is 1. The molecule has 4 N–H and O–H groups in total. The van der Waals surface area contributed by atoms with Gasteiger partial charge in [0.25, 0.3) is 0 Å². The van der Waals surface area contributed by atoms with Crippen molar-refractivity contribution in [2.24, 2.45) is 5.73 Å². The quantitative estimate of drug-likeness (QED) is 0.305. The molecule has 4 rings (SSSR count). The number of fused-ring (bicyclic) bond motifs is 1. The summed E-state index contributed by atoms with van der Waals surface area (Å²) >= 11 is 12.5. The van der Waals surface area contributed by atoms with Crippen LogP contribution in [0.5, 0.6) is 17.2 Å². The van der Waals surface area contributed by atoms with Crippen LogP contribution in [-0.4, -0.2) is 31.6 Å². The second-order valence-corrected chi connectivity index (χ2v) is 10.0. The number of aliphatic carboxylic acids is 1. The highest BCUT2D eigenvalue weighted by atomic mass is 35.5. The Morgan fingerprint density at radius 1 is 1.03 bits per heavy atom. The number of nitrogens with one attached hydrogen (secondary N) is 1. The second kappa shape index (κ2) is 9.19. The second-order valence-electron chi connectivity index (χ2n) is 7.27. The highest BCUT2D eigenvalue weighted by Crippen LogP contribution is 2.40. The van der Waals surface area contributed by atoms with E-state index in [1.807, 2.05) is 0 Å². The van der Waals surface area contributed by atoms with Crippen molar-refractivity contribution in [2.75, 3.05) is 7.11 Å². The number of nitrogens with two attached hydrogens (primary N) is 1. The Kier molecular flexibility index (Phi) is 6.46. The van der Waals surface area contributed by atoms with Gasteiger partial charge in [-0.05, 0) is 60.2 Å². The predicted molar refractivity (Wildman–Crippen MR) is 128 cm³/mol. The molecule has 0 fully saturated rings. The van der Waals surface area contributed by atoms with Crippen LogP contribution in [0, 0.1) is 0 Å². The maximum absolute atomic E-state index is 13.2. The highest BCUT2D eigenvalue weighted by Gasteiger charge is 2.23. The average Bonchev–Trinajstić information content (AvgIpc) is 3.25. The van der Waals surface area contributed by atoms with E-state index in [2.05, 4.69) is 4.98 Å². The zero-order valence-electron chi connectivity index (χ0n) is 17.6. The Morgan fingerprint density at radius 2 is 1.65 bits per heavy atom. The van der Waals surface area contributed by atoms with Gasteiger partial charge >= 0.3 is 5.97 Å². The molecule has 0 saturated heterocycles. The molecule has 1 aromatic heterocycles. The van der Waals surface area contributed by atoms with Gasteiger partial charge in [0.05, 0.1) is 26.9 Å². The number of rotatable bonds is 7. The van der Waals surface area contributed by atoms with E-state index in [9.17, 15) is 13.2 Å². The number of benzene rings is 3. The van der Waals surface area contributed by atoms with Crippen molar-refractivity contribution in [2.45, 2.75) is 15.8 Å². The smallest absolute Gasteiger partial charge is 0.325 e. The topological polar surface area (TPSA) is 132 Å². The number of halogens is 2. The van der Waals surface area contributed by atoms with Gasteiger partial charge < -0.3 is 25.3 Å². The van der Waals surface area contributed by atoms with Crippen LogP contribution in [0.15, 0.2) is 70.6 Å². The van der Waals surface area contributed by atoms with Gasteiger partial charge in [-0.3, -0.25) is 4.79 Å². The summed E-state index contributed by atoms with van der Waals surface area (Å²) in [6.45, 7) is 0. The molecule has 3 aromatic carbocycles. The maximum Gasteiger partial charge on any atom is 0.325 e. The van der Waals surface area contributed by atoms with Gasteiger partial charge in [0.2, 0.25) is 9.84 Å². The lowest BCUT2D eigenvalue weighted by Crippen LogP contribution is -2.20. The van der Waals surface area contributed by atoms with Crippen molar-refractivity contribution in [1.82, 2.24) is 4.98 Å². The zero-order valence-corrected chi connectivity index (χ0v) is 19.9. The van der Waals surface area contributed by atoms with Crippen LogP contribution >= 0.6 is 23.2 Å². The fourth-order valence-corrected chi connectivity index (χ4v) is 5.36. The molecule has 0 unspecified atom stereocenters. The molecular formula is C23H18Cl2N2O6S. The number of H-pyrrole nitrogens is 1. The van der Waals surface area contributed by atoms with E-state index < -0.39 is 21.8 Å². The molecule has 0 spiro atoms. The number of hydrogen-bond donors (Lipinski definition) is 3. The molecule has 0 bridgehead atoms. The van der Waals surface area contributed by atoms with Gasteiger partial charge in [0.15, 0.2) is 5.75 Å². The fourth-order valence-electron chi connectivity index (χ4n) is 3.36. The first-order valence-corrected chi connectivity index (χ1v) is 12.0. The number of aromatic amines is 1. The number of ether oxygens (including phenoxy) is 2. The lowest BCUT2D eigenvalue weighted by Gasteiger charge is -2.13. The van der Waals surface area contributed by atoms with E-state index in [4.69, 9.17) is 43.5 Å². The lowest BCUT2D eigenvalue weighted by molar-refractivity contribution is -0.138. The summed E-state index contributed by atoms with van der Waals surface area (Å²) < 4.78 is 37.4. The van der Waals surface area contributed by atoms with Gasteiger partial charge in [-0.1, -0.05) is 23.2 Å². The van der Waals surface area contributed by atoms with Gasteiger partial charge in [0, 0.05) is 17.1 Å². The molecule has 0 aliphatic carbocycles. The van der Waals surface area contributed by atoms with Crippen molar-refractivity contribution in [3.8, 4) is 17.2 Å². The number of methoxy groups -OCH3 is 1. The molecule has 0 saturated carbocycles. The zero-order chi connectivity index (χ0) is 24.6. The standard InChI is InChI=1S/C23H18Cl2N2O6S/c1-32-13-2-5-15(6-3-13)34(30,31)20-11-27-19-7-4-14(10-16(19)20)33-22-17(24)8-12(9-18(22)25)21(26)23(28)29/h2-11,21,27H,26H2,1H3,(H,28,29)/t21-/m0/s1. The number of carboxylic acid groups (broad SMARTS) is 1. The Bertz CT molecular complexity index is 1480. The highest BCUT2D eigenvalue weighted by molar-refractivity contribution is 7.91. The van der Waals surface area contributed by atoms with E-state index >= 15 is 0 Å². The van der Waals surface area contributed by atoms with Crippen molar-refractivity contribution in [1.29, 1.82) is 0 Å². The van der Waals surface area contributed by atoms with Crippen molar-refractivity contribution < 1.29 is 27.8 Å². The van der Waals surface area contributed by atoms with Crippen LogP contribution in [0.4, 0.5) is 0 Å². The number of sulfone groups is 1. The van der Waals surface area contributed by atoms with Crippen LogP contribution in [0.3, 0.4) is 0 Å². The Balaban J connectivity index is 1.71. The van der Waals surface area contributed by atoms with Gasteiger partial charge in [0.1, 0.15) is 17.5 Å². The first-order valence-electron chi connectivity index (χ1n) is 9.77. The fraction of sp³-hybridized carbons (Fsp3) is 0.0870. The van der Waals surface area contributed by atoms with Gasteiger partial charge in [-0.25, -0.2) is 8.42 Å². The van der Waals surface area contributed by atoms with Gasteiger partial charge in [-0.15, -0.1) is 0 Å². The third-order valence-electron chi connectivity index (χ3n) is 5.14. The van der Waals surface area contributed by atoms with E-state index in [-0.39, 0.29) is 36.9 Å². The van der Waals surface area contributed by atoms with Gasteiger partial charge in [-0.2, -0.15) is 0 Å². The first kappa shape index (κ1) is 23.9. The van der Waals surface area contributed by atoms with Crippen LogP contribution in [0.1, 0.15) is 11.6 Å². The summed E-state index contributed by atoms with van der Waals surface area (Å²) in [5.41, 5.74) is 6.42. The molecule has 176 valence electrons. The minimum Gasteiger partial charge on any atom is -0.497 e.